The second-order valence-electron chi connectivity index (χ2n) is 4.13. The predicted molar refractivity (Wildman–Crippen MR) is 72.0 cm³/mol. The van der Waals surface area contributed by atoms with Crippen LogP contribution in [0.3, 0.4) is 0 Å². The van der Waals surface area contributed by atoms with Crippen molar-refractivity contribution >= 4 is 28.8 Å². The monoisotopic (exact) mass is 249 g/mol. The molecule has 1 fully saturated rings. The minimum atomic E-state index is 0.131. The number of carbonyl (C=O) groups excluding carboxylic acids is 1. The number of hydrogen-bond acceptors (Lipinski definition) is 3. The van der Waals surface area contributed by atoms with Crippen LogP contribution in [0.1, 0.15) is 18.4 Å². The van der Waals surface area contributed by atoms with Gasteiger partial charge in [0.15, 0.2) is 0 Å². The number of rotatable bonds is 3. The normalized spacial score (nSPS) is 19.5. The van der Waals surface area contributed by atoms with Crippen LogP contribution < -0.4 is 16.4 Å². The van der Waals surface area contributed by atoms with E-state index in [9.17, 15) is 4.79 Å². The molecule has 90 valence electrons. The molecule has 1 aromatic rings. The van der Waals surface area contributed by atoms with Crippen LogP contribution in [0.5, 0.6) is 0 Å². The molecule has 0 spiro atoms. The number of thiocarbonyl (C=S) groups is 1. The number of amides is 1. The lowest BCUT2D eigenvalue weighted by Gasteiger charge is -2.24. The van der Waals surface area contributed by atoms with E-state index in [0.717, 1.165) is 17.7 Å². The Hall–Kier alpha value is -1.62. The van der Waals surface area contributed by atoms with Crippen molar-refractivity contribution in [1.29, 1.82) is 0 Å². The third kappa shape index (κ3) is 3.17. The van der Waals surface area contributed by atoms with Gasteiger partial charge in [-0.3, -0.25) is 4.79 Å². The molecule has 4 N–H and O–H groups in total. The third-order valence-electron chi connectivity index (χ3n) is 2.81. The Kier molecular flexibility index (Phi) is 3.58. The fraction of sp³-hybridized carbons (Fsp3) is 0.333. The van der Waals surface area contributed by atoms with Crippen LogP contribution in [0.15, 0.2) is 24.3 Å². The second kappa shape index (κ2) is 5.14. The highest BCUT2D eigenvalue weighted by molar-refractivity contribution is 7.80. The molecule has 0 aromatic heterocycles. The molecule has 1 amide bonds. The molecule has 1 aliphatic rings. The number of hydrogen-bond donors (Lipinski definition) is 3. The molecule has 1 heterocycles. The van der Waals surface area contributed by atoms with Gasteiger partial charge in [0.05, 0.1) is 0 Å². The summed E-state index contributed by atoms with van der Waals surface area (Å²) in [5.41, 5.74) is 7.41. The Labute approximate surface area is 106 Å². The first-order valence-electron chi connectivity index (χ1n) is 5.58. The molecule has 2 rings (SSSR count). The van der Waals surface area contributed by atoms with Gasteiger partial charge in [-0.15, -0.1) is 0 Å². The summed E-state index contributed by atoms with van der Waals surface area (Å²) in [6.07, 6.45) is 1.45. The van der Waals surface area contributed by atoms with Gasteiger partial charge in [0.25, 0.3) is 0 Å². The molecule has 0 saturated carbocycles. The van der Waals surface area contributed by atoms with E-state index in [1.165, 1.54) is 0 Å². The van der Waals surface area contributed by atoms with E-state index in [0.29, 0.717) is 24.0 Å². The summed E-state index contributed by atoms with van der Waals surface area (Å²) in [4.78, 5) is 11.4. The lowest BCUT2D eigenvalue weighted by atomic mass is 10.1. The minimum absolute atomic E-state index is 0.131. The number of nitrogens with one attached hydrogen (secondary N) is 2. The van der Waals surface area contributed by atoms with Gasteiger partial charge in [-0.25, -0.2) is 0 Å². The van der Waals surface area contributed by atoms with E-state index in [4.69, 9.17) is 18.0 Å². The quantitative estimate of drug-likeness (QED) is 0.699. The van der Waals surface area contributed by atoms with Crippen LogP contribution >= 0.6 is 12.2 Å². The van der Waals surface area contributed by atoms with Crippen LogP contribution in [0.2, 0.25) is 0 Å². The number of nitrogens with two attached hydrogens (primary N) is 1. The first-order chi connectivity index (χ1) is 8.15. The van der Waals surface area contributed by atoms with Crippen molar-refractivity contribution in [2.45, 2.75) is 18.9 Å². The van der Waals surface area contributed by atoms with Crippen molar-refractivity contribution in [1.82, 2.24) is 5.32 Å². The van der Waals surface area contributed by atoms with Crippen molar-refractivity contribution in [3.8, 4) is 0 Å². The molecular weight excluding hydrogens is 234 g/mol. The molecule has 0 aliphatic carbocycles. The van der Waals surface area contributed by atoms with E-state index in [1.54, 1.807) is 0 Å². The summed E-state index contributed by atoms with van der Waals surface area (Å²) < 4.78 is 0. The zero-order valence-electron chi connectivity index (χ0n) is 9.40. The summed E-state index contributed by atoms with van der Waals surface area (Å²) >= 11 is 4.89. The van der Waals surface area contributed by atoms with E-state index in [2.05, 4.69) is 10.6 Å². The zero-order valence-corrected chi connectivity index (χ0v) is 10.2. The van der Waals surface area contributed by atoms with Crippen LogP contribution in [0.25, 0.3) is 0 Å². The van der Waals surface area contributed by atoms with E-state index >= 15 is 0 Å². The Morgan fingerprint density at radius 2 is 2.12 bits per heavy atom. The fourth-order valence-corrected chi connectivity index (χ4v) is 1.96. The fourth-order valence-electron chi connectivity index (χ4n) is 1.82. The molecule has 1 aliphatic heterocycles. The van der Waals surface area contributed by atoms with Gasteiger partial charge in [0.1, 0.15) is 4.99 Å². The van der Waals surface area contributed by atoms with Crippen molar-refractivity contribution in [3.05, 3.63) is 29.8 Å². The number of piperidine rings is 1. The molecule has 1 atom stereocenters. The van der Waals surface area contributed by atoms with E-state index in [1.807, 2.05) is 24.3 Å². The van der Waals surface area contributed by atoms with Gasteiger partial charge < -0.3 is 16.4 Å². The van der Waals surface area contributed by atoms with Gasteiger partial charge in [0, 0.05) is 30.3 Å². The zero-order chi connectivity index (χ0) is 12.3. The highest BCUT2D eigenvalue weighted by atomic mass is 32.1. The van der Waals surface area contributed by atoms with Crippen LogP contribution in [-0.2, 0) is 4.79 Å². The van der Waals surface area contributed by atoms with Crippen LogP contribution in [0, 0.1) is 0 Å². The number of benzene rings is 1. The van der Waals surface area contributed by atoms with Crippen molar-refractivity contribution < 1.29 is 4.79 Å². The Bertz CT molecular complexity index is 420. The summed E-state index contributed by atoms with van der Waals surface area (Å²) in [5.74, 6) is 0.131. The third-order valence-corrected chi connectivity index (χ3v) is 3.04. The average molecular weight is 249 g/mol. The molecule has 0 radical (unpaired) electrons. The van der Waals surface area contributed by atoms with Crippen molar-refractivity contribution in [2.24, 2.45) is 5.73 Å². The lowest BCUT2D eigenvalue weighted by molar-refractivity contribution is -0.122. The van der Waals surface area contributed by atoms with Gasteiger partial charge >= 0.3 is 0 Å². The number of carbonyl (C=O) groups is 1. The molecule has 1 aromatic carbocycles. The van der Waals surface area contributed by atoms with Gasteiger partial charge in [0.2, 0.25) is 5.91 Å². The molecule has 0 bridgehead atoms. The number of anilines is 1. The van der Waals surface area contributed by atoms with Crippen molar-refractivity contribution in [2.75, 3.05) is 11.9 Å². The lowest BCUT2D eigenvalue weighted by Crippen LogP contribution is -2.41. The average Bonchev–Trinajstić information content (AvgIpc) is 2.33. The Morgan fingerprint density at radius 3 is 2.65 bits per heavy atom. The maximum absolute atomic E-state index is 11.0. The van der Waals surface area contributed by atoms with Crippen LogP contribution in [-0.4, -0.2) is 23.5 Å². The molecule has 1 unspecified atom stereocenters. The first-order valence-corrected chi connectivity index (χ1v) is 5.99. The first kappa shape index (κ1) is 11.9. The van der Waals surface area contributed by atoms with Gasteiger partial charge in [-0.2, -0.15) is 0 Å². The van der Waals surface area contributed by atoms with Crippen LogP contribution in [0.4, 0.5) is 5.69 Å². The summed E-state index contributed by atoms with van der Waals surface area (Å²) in [6.45, 7) is 0.676. The molecule has 1 saturated heterocycles. The van der Waals surface area contributed by atoms with E-state index < -0.39 is 0 Å². The Morgan fingerprint density at radius 1 is 1.41 bits per heavy atom. The highest BCUT2D eigenvalue weighted by Crippen LogP contribution is 2.14. The maximum atomic E-state index is 11.0. The largest absolute Gasteiger partial charge is 0.389 e. The topological polar surface area (TPSA) is 67.1 Å². The smallest absolute Gasteiger partial charge is 0.220 e. The second-order valence-corrected chi connectivity index (χ2v) is 4.57. The molecule has 17 heavy (non-hydrogen) atoms. The van der Waals surface area contributed by atoms with E-state index in [-0.39, 0.29) is 5.91 Å². The SMILES string of the molecule is NC(=S)c1ccc(NC2CCC(=O)NC2)cc1. The highest BCUT2D eigenvalue weighted by Gasteiger charge is 2.17. The Balaban J connectivity index is 1.95. The van der Waals surface area contributed by atoms with Gasteiger partial charge in [-0.1, -0.05) is 12.2 Å². The molecule has 4 nitrogen and oxygen atoms in total. The van der Waals surface area contributed by atoms with Crippen molar-refractivity contribution in [3.63, 3.8) is 0 Å². The summed E-state index contributed by atoms with van der Waals surface area (Å²) in [7, 11) is 0. The molecular formula is C12H15N3OS. The summed E-state index contributed by atoms with van der Waals surface area (Å²) in [6, 6.07) is 7.98. The maximum Gasteiger partial charge on any atom is 0.220 e. The summed E-state index contributed by atoms with van der Waals surface area (Å²) in [5, 5.41) is 6.21. The predicted octanol–water partition coefficient (Wildman–Crippen LogP) is 1.01. The molecule has 5 heteroatoms. The van der Waals surface area contributed by atoms with Gasteiger partial charge in [-0.05, 0) is 30.7 Å². The minimum Gasteiger partial charge on any atom is -0.389 e. The standard InChI is InChI=1S/C12H15N3OS/c13-12(17)8-1-3-9(4-2-8)15-10-5-6-11(16)14-7-10/h1-4,10,15H,5-7H2,(H2,13,17)(H,14,16).